The zero-order chi connectivity index (χ0) is 16.1. The fourth-order valence-electron chi connectivity index (χ4n) is 4.10. The maximum atomic E-state index is 12.4. The molecule has 0 spiro atoms. The number of aliphatic hydroxyl groups is 1. The maximum absolute atomic E-state index is 12.4. The van der Waals surface area contributed by atoms with E-state index in [0.717, 1.165) is 18.5 Å². The highest BCUT2D eigenvalue weighted by Crippen LogP contribution is 2.37. The number of aliphatic hydroxyl groups excluding tert-OH is 1. The van der Waals surface area contributed by atoms with E-state index in [0.29, 0.717) is 18.4 Å². The number of carbonyl (C=O) groups excluding carboxylic acids is 1. The monoisotopic (exact) mass is 317 g/mol. The molecule has 0 aromatic heterocycles. The van der Waals surface area contributed by atoms with Crippen molar-refractivity contribution in [1.29, 1.82) is 0 Å². The molecular weight excluding hydrogens is 290 g/mol. The van der Waals surface area contributed by atoms with Gasteiger partial charge >= 0.3 is 6.09 Å². The van der Waals surface area contributed by atoms with Crippen molar-refractivity contribution in [3.05, 3.63) is 35.9 Å². The number of hydrogen-bond acceptors (Lipinski definition) is 3. The second-order valence-electron chi connectivity index (χ2n) is 6.92. The van der Waals surface area contributed by atoms with E-state index in [9.17, 15) is 9.90 Å². The average Bonchev–Trinajstić information content (AvgIpc) is 3.06. The molecule has 0 radical (unpaired) electrons. The molecule has 2 fully saturated rings. The van der Waals surface area contributed by atoms with Crippen LogP contribution in [0.5, 0.6) is 0 Å². The molecule has 3 rings (SSSR count). The molecule has 2 aliphatic rings. The molecule has 1 saturated heterocycles. The number of hydrogen-bond donors (Lipinski definition) is 1. The minimum atomic E-state index is -0.286. The standard InChI is InChI=1S/C19H27NO3/c21-13-18-11-17(16-9-5-2-6-10-16)12-20(18)19(22)23-14-15-7-3-1-4-8-15/h1,3-4,7-8,16-18,21H,2,5-6,9-14H2/t17-,18+/m1/s1. The molecule has 1 N–H and O–H groups in total. The van der Waals surface area contributed by atoms with E-state index in [1.807, 2.05) is 30.3 Å². The Kier molecular flexibility index (Phi) is 5.55. The first-order valence-corrected chi connectivity index (χ1v) is 8.86. The molecule has 1 aliphatic heterocycles. The van der Waals surface area contributed by atoms with Gasteiger partial charge in [0.05, 0.1) is 12.6 Å². The van der Waals surface area contributed by atoms with Crippen LogP contribution in [0.3, 0.4) is 0 Å². The van der Waals surface area contributed by atoms with Gasteiger partial charge in [-0.15, -0.1) is 0 Å². The second kappa shape index (κ2) is 7.82. The van der Waals surface area contributed by atoms with Gasteiger partial charge in [0.1, 0.15) is 6.61 Å². The first-order valence-electron chi connectivity index (χ1n) is 8.86. The number of likely N-dealkylation sites (tertiary alicyclic amines) is 1. The average molecular weight is 317 g/mol. The predicted molar refractivity (Wildman–Crippen MR) is 88.9 cm³/mol. The Morgan fingerprint density at radius 3 is 2.57 bits per heavy atom. The van der Waals surface area contributed by atoms with Crippen molar-refractivity contribution in [1.82, 2.24) is 4.90 Å². The van der Waals surface area contributed by atoms with Crippen LogP contribution >= 0.6 is 0 Å². The van der Waals surface area contributed by atoms with Crippen LogP contribution in [0, 0.1) is 11.8 Å². The van der Waals surface area contributed by atoms with Gasteiger partial charge < -0.3 is 14.7 Å². The zero-order valence-electron chi connectivity index (χ0n) is 13.7. The SMILES string of the molecule is O=C(OCc1ccccc1)N1C[C@H](C2CCCCC2)C[C@H]1CO. The minimum Gasteiger partial charge on any atom is -0.445 e. The number of amides is 1. The Bertz CT molecular complexity index is 499. The lowest BCUT2D eigenvalue weighted by atomic mass is 9.79. The highest BCUT2D eigenvalue weighted by molar-refractivity contribution is 5.68. The zero-order valence-corrected chi connectivity index (χ0v) is 13.7. The van der Waals surface area contributed by atoms with Crippen molar-refractivity contribution in [3.63, 3.8) is 0 Å². The van der Waals surface area contributed by atoms with Crippen LogP contribution in [0.25, 0.3) is 0 Å². The van der Waals surface area contributed by atoms with E-state index in [-0.39, 0.29) is 18.7 Å². The maximum Gasteiger partial charge on any atom is 0.410 e. The molecule has 1 aromatic rings. The first kappa shape index (κ1) is 16.3. The number of nitrogens with zero attached hydrogens (tertiary/aromatic N) is 1. The summed E-state index contributed by atoms with van der Waals surface area (Å²) in [4.78, 5) is 14.2. The third kappa shape index (κ3) is 4.05. The molecule has 4 nitrogen and oxygen atoms in total. The Balaban J connectivity index is 1.55. The van der Waals surface area contributed by atoms with Crippen LogP contribution in [0.1, 0.15) is 44.1 Å². The summed E-state index contributed by atoms with van der Waals surface area (Å²) in [6.07, 6.45) is 7.14. The number of rotatable bonds is 4. The fourth-order valence-corrected chi connectivity index (χ4v) is 4.10. The highest BCUT2D eigenvalue weighted by atomic mass is 16.6. The molecule has 1 aliphatic carbocycles. The van der Waals surface area contributed by atoms with Crippen molar-refractivity contribution < 1.29 is 14.6 Å². The summed E-state index contributed by atoms with van der Waals surface area (Å²) in [6.45, 7) is 1.07. The molecule has 1 heterocycles. The molecule has 23 heavy (non-hydrogen) atoms. The molecule has 0 unspecified atom stereocenters. The molecule has 0 bridgehead atoms. The number of benzene rings is 1. The van der Waals surface area contributed by atoms with Gasteiger partial charge in [-0.2, -0.15) is 0 Å². The summed E-state index contributed by atoms with van der Waals surface area (Å²) in [5.74, 6) is 1.24. The van der Waals surface area contributed by atoms with E-state index in [1.54, 1.807) is 4.90 Å². The summed E-state index contributed by atoms with van der Waals surface area (Å²) in [5, 5.41) is 9.64. The minimum absolute atomic E-state index is 0.0314. The molecular formula is C19H27NO3. The van der Waals surface area contributed by atoms with Crippen LogP contribution < -0.4 is 0 Å². The van der Waals surface area contributed by atoms with Gasteiger partial charge in [-0.25, -0.2) is 4.79 Å². The lowest BCUT2D eigenvalue weighted by molar-refractivity contribution is 0.0785. The quantitative estimate of drug-likeness (QED) is 0.923. The van der Waals surface area contributed by atoms with Crippen LogP contribution in [0.4, 0.5) is 4.79 Å². The van der Waals surface area contributed by atoms with E-state index in [4.69, 9.17) is 4.74 Å². The Labute approximate surface area is 138 Å². The second-order valence-corrected chi connectivity index (χ2v) is 6.92. The number of ether oxygens (including phenoxy) is 1. The lowest BCUT2D eigenvalue weighted by Crippen LogP contribution is -2.38. The smallest absolute Gasteiger partial charge is 0.410 e. The molecule has 1 aromatic carbocycles. The highest BCUT2D eigenvalue weighted by Gasteiger charge is 2.39. The number of carbonyl (C=O) groups is 1. The van der Waals surface area contributed by atoms with Crippen LogP contribution in [0.15, 0.2) is 30.3 Å². The van der Waals surface area contributed by atoms with Gasteiger partial charge in [0.2, 0.25) is 0 Å². The molecule has 4 heteroatoms. The largest absolute Gasteiger partial charge is 0.445 e. The molecule has 126 valence electrons. The third-order valence-corrected chi connectivity index (χ3v) is 5.41. The summed E-state index contributed by atoms with van der Waals surface area (Å²) >= 11 is 0. The summed E-state index contributed by atoms with van der Waals surface area (Å²) in [6, 6.07) is 9.65. The van der Waals surface area contributed by atoms with Crippen molar-refractivity contribution in [2.45, 2.75) is 51.2 Å². The Morgan fingerprint density at radius 2 is 1.87 bits per heavy atom. The molecule has 1 amide bonds. The van der Waals surface area contributed by atoms with Gasteiger partial charge in [-0.3, -0.25) is 0 Å². The van der Waals surface area contributed by atoms with E-state index < -0.39 is 0 Å². The van der Waals surface area contributed by atoms with Crippen molar-refractivity contribution in [3.8, 4) is 0 Å². The van der Waals surface area contributed by atoms with Gasteiger partial charge in [-0.1, -0.05) is 62.4 Å². The van der Waals surface area contributed by atoms with E-state index in [2.05, 4.69) is 0 Å². The van der Waals surface area contributed by atoms with Crippen molar-refractivity contribution in [2.24, 2.45) is 11.8 Å². The Morgan fingerprint density at radius 1 is 1.13 bits per heavy atom. The van der Waals surface area contributed by atoms with Crippen molar-refractivity contribution >= 4 is 6.09 Å². The predicted octanol–water partition coefficient (Wildman–Crippen LogP) is 3.59. The van der Waals surface area contributed by atoms with Crippen LogP contribution in [-0.4, -0.2) is 35.3 Å². The summed E-state index contributed by atoms with van der Waals surface area (Å²) < 4.78 is 5.46. The first-order chi connectivity index (χ1) is 11.3. The molecule has 1 saturated carbocycles. The normalized spacial score (nSPS) is 25.5. The third-order valence-electron chi connectivity index (χ3n) is 5.41. The summed E-state index contributed by atoms with van der Waals surface area (Å²) in [5.41, 5.74) is 0.990. The molecule has 2 atom stereocenters. The van der Waals surface area contributed by atoms with E-state index in [1.165, 1.54) is 32.1 Å². The van der Waals surface area contributed by atoms with Gasteiger partial charge in [0.15, 0.2) is 0 Å². The van der Waals surface area contributed by atoms with E-state index >= 15 is 0 Å². The van der Waals surface area contributed by atoms with Gasteiger partial charge in [0.25, 0.3) is 0 Å². The fraction of sp³-hybridized carbons (Fsp3) is 0.632. The van der Waals surface area contributed by atoms with Crippen LogP contribution in [0.2, 0.25) is 0 Å². The van der Waals surface area contributed by atoms with Crippen molar-refractivity contribution in [2.75, 3.05) is 13.2 Å². The topological polar surface area (TPSA) is 49.8 Å². The van der Waals surface area contributed by atoms with Crippen LogP contribution in [-0.2, 0) is 11.3 Å². The lowest BCUT2D eigenvalue weighted by Gasteiger charge is -2.27. The van der Waals surface area contributed by atoms with Gasteiger partial charge in [0, 0.05) is 6.54 Å². The Hall–Kier alpha value is -1.55. The summed E-state index contributed by atoms with van der Waals surface area (Å²) in [7, 11) is 0. The van der Waals surface area contributed by atoms with Gasteiger partial charge in [-0.05, 0) is 23.8 Å².